The predicted molar refractivity (Wildman–Crippen MR) is 70.5 cm³/mol. The van der Waals surface area contributed by atoms with Crippen molar-refractivity contribution in [3.05, 3.63) is 0 Å². The lowest BCUT2D eigenvalue weighted by Gasteiger charge is -2.42. The Kier molecular flexibility index (Phi) is 4.45. The summed E-state index contributed by atoms with van der Waals surface area (Å²) in [5, 5.41) is 0. The van der Waals surface area contributed by atoms with Crippen molar-refractivity contribution in [2.45, 2.75) is 45.3 Å². The summed E-state index contributed by atoms with van der Waals surface area (Å²) < 4.78 is 10.1. The van der Waals surface area contributed by atoms with Gasteiger partial charge in [0, 0.05) is 19.0 Å². The summed E-state index contributed by atoms with van der Waals surface area (Å²) in [4.78, 5) is 25.3. The molecule has 2 N–H and O–H groups in total. The molecule has 0 aromatic heterocycles. The maximum Gasteiger partial charge on any atom is 0.410 e. The molecular formula is C13H24N2O4. The second-order valence-electron chi connectivity index (χ2n) is 6.11. The molecule has 2 atom stereocenters. The van der Waals surface area contributed by atoms with Crippen LogP contribution in [0.1, 0.15) is 34.1 Å². The number of likely N-dealkylation sites (tertiary alicyclic amines) is 1. The van der Waals surface area contributed by atoms with Gasteiger partial charge in [-0.15, -0.1) is 0 Å². The molecule has 0 saturated carbocycles. The lowest BCUT2D eigenvalue weighted by molar-refractivity contribution is -0.151. The van der Waals surface area contributed by atoms with Crippen LogP contribution in [-0.2, 0) is 14.3 Å². The van der Waals surface area contributed by atoms with Crippen LogP contribution in [0.25, 0.3) is 0 Å². The molecule has 1 amide bonds. The molecule has 1 aliphatic rings. The Labute approximate surface area is 114 Å². The van der Waals surface area contributed by atoms with Gasteiger partial charge in [0.15, 0.2) is 0 Å². The monoisotopic (exact) mass is 272 g/mol. The molecule has 6 heteroatoms. The van der Waals surface area contributed by atoms with Crippen LogP contribution in [0.2, 0.25) is 0 Å². The van der Waals surface area contributed by atoms with Crippen LogP contribution >= 0.6 is 0 Å². The zero-order chi connectivity index (χ0) is 14.8. The van der Waals surface area contributed by atoms with Crippen LogP contribution in [0.5, 0.6) is 0 Å². The first-order valence-electron chi connectivity index (χ1n) is 6.45. The molecule has 2 unspecified atom stereocenters. The van der Waals surface area contributed by atoms with Gasteiger partial charge in [0.2, 0.25) is 0 Å². The molecule has 1 fully saturated rings. The normalized spacial score (nSPS) is 27.9. The third-order valence-corrected chi connectivity index (χ3v) is 3.39. The minimum atomic E-state index is -1.02. The van der Waals surface area contributed by atoms with Gasteiger partial charge in [-0.3, -0.25) is 4.79 Å². The Morgan fingerprint density at radius 3 is 2.37 bits per heavy atom. The minimum Gasteiger partial charge on any atom is -0.468 e. The molecule has 110 valence electrons. The van der Waals surface area contributed by atoms with Gasteiger partial charge in [-0.25, -0.2) is 4.79 Å². The molecule has 19 heavy (non-hydrogen) atoms. The van der Waals surface area contributed by atoms with Crippen molar-refractivity contribution in [3.8, 4) is 0 Å². The van der Waals surface area contributed by atoms with E-state index in [0.29, 0.717) is 19.5 Å². The molecule has 1 saturated heterocycles. The van der Waals surface area contributed by atoms with E-state index >= 15 is 0 Å². The van der Waals surface area contributed by atoms with Crippen LogP contribution in [0.3, 0.4) is 0 Å². The summed E-state index contributed by atoms with van der Waals surface area (Å²) in [7, 11) is 1.32. The molecule has 0 aliphatic carbocycles. The van der Waals surface area contributed by atoms with E-state index in [1.807, 2.05) is 27.7 Å². The van der Waals surface area contributed by atoms with E-state index in [9.17, 15) is 9.59 Å². The van der Waals surface area contributed by atoms with Gasteiger partial charge in [-0.1, -0.05) is 6.92 Å². The van der Waals surface area contributed by atoms with E-state index in [1.54, 1.807) is 4.90 Å². The largest absolute Gasteiger partial charge is 0.468 e. The highest BCUT2D eigenvalue weighted by atomic mass is 16.6. The number of hydrogen-bond donors (Lipinski definition) is 1. The van der Waals surface area contributed by atoms with Crippen molar-refractivity contribution in [1.29, 1.82) is 0 Å². The number of carbonyl (C=O) groups excluding carboxylic acids is 2. The summed E-state index contributed by atoms with van der Waals surface area (Å²) in [6.45, 7) is 8.08. The molecule has 1 rings (SSSR count). The predicted octanol–water partition coefficient (Wildman–Crippen LogP) is 1.13. The van der Waals surface area contributed by atoms with Crippen molar-refractivity contribution >= 4 is 12.1 Å². The Morgan fingerprint density at radius 2 is 1.95 bits per heavy atom. The molecule has 0 bridgehead atoms. The zero-order valence-electron chi connectivity index (χ0n) is 12.4. The third-order valence-electron chi connectivity index (χ3n) is 3.39. The van der Waals surface area contributed by atoms with Gasteiger partial charge in [-0.2, -0.15) is 0 Å². The highest BCUT2D eigenvalue weighted by Crippen LogP contribution is 2.27. The number of nitrogens with two attached hydrogens (primary N) is 1. The number of piperidine rings is 1. The van der Waals surface area contributed by atoms with E-state index in [0.717, 1.165) is 0 Å². The zero-order valence-corrected chi connectivity index (χ0v) is 12.4. The van der Waals surface area contributed by atoms with E-state index in [-0.39, 0.29) is 12.0 Å². The fourth-order valence-electron chi connectivity index (χ4n) is 2.14. The second kappa shape index (κ2) is 5.36. The lowest BCUT2D eigenvalue weighted by atomic mass is 9.80. The summed E-state index contributed by atoms with van der Waals surface area (Å²) in [6.07, 6.45) is 0.00588. The minimum absolute atomic E-state index is 0.179. The lowest BCUT2D eigenvalue weighted by Crippen LogP contribution is -2.62. The maximum absolute atomic E-state index is 12.0. The highest BCUT2D eigenvalue weighted by molar-refractivity contribution is 5.81. The van der Waals surface area contributed by atoms with E-state index in [1.165, 1.54) is 7.11 Å². The summed E-state index contributed by atoms with van der Waals surface area (Å²) in [5.41, 5.74) is 4.54. The third kappa shape index (κ3) is 3.59. The van der Waals surface area contributed by atoms with Gasteiger partial charge in [-0.05, 0) is 27.2 Å². The molecule has 1 aliphatic heterocycles. The maximum atomic E-state index is 12.0. The summed E-state index contributed by atoms with van der Waals surface area (Å²) in [5.74, 6) is -0.606. The standard InChI is InChI=1S/C13H24N2O4/c1-9-8-15(11(17)19-12(2,3)4)7-6-13(9,14)10(16)18-5/h9H,6-8,14H2,1-5H3. The average molecular weight is 272 g/mol. The number of carbonyl (C=O) groups is 2. The molecule has 0 spiro atoms. The number of esters is 1. The van der Waals surface area contributed by atoms with Crippen LogP contribution in [-0.4, -0.2) is 48.3 Å². The number of rotatable bonds is 1. The van der Waals surface area contributed by atoms with Gasteiger partial charge < -0.3 is 20.1 Å². The molecule has 0 radical (unpaired) electrons. The molecule has 6 nitrogen and oxygen atoms in total. The highest BCUT2D eigenvalue weighted by Gasteiger charge is 2.46. The Balaban J connectivity index is 2.69. The Bertz CT molecular complexity index is 364. The summed E-state index contributed by atoms with van der Waals surface area (Å²) >= 11 is 0. The molecule has 0 aromatic carbocycles. The van der Waals surface area contributed by atoms with Crippen LogP contribution in [0.4, 0.5) is 4.79 Å². The molecule has 0 aromatic rings. The Hall–Kier alpha value is -1.30. The van der Waals surface area contributed by atoms with Crippen molar-refractivity contribution in [1.82, 2.24) is 4.90 Å². The number of hydrogen-bond acceptors (Lipinski definition) is 5. The van der Waals surface area contributed by atoms with E-state index in [2.05, 4.69) is 0 Å². The van der Waals surface area contributed by atoms with Crippen LogP contribution < -0.4 is 5.73 Å². The van der Waals surface area contributed by atoms with Crippen molar-refractivity contribution < 1.29 is 19.1 Å². The number of amides is 1. The van der Waals surface area contributed by atoms with Gasteiger partial charge in [0.1, 0.15) is 11.1 Å². The smallest absolute Gasteiger partial charge is 0.410 e. The fourth-order valence-corrected chi connectivity index (χ4v) is 2.14. The van der Waals surface area contributed by atoms with E-state index < -0.39 is 17.1 Å². The first kappa shape index (κ1) is 15.8. The quantitative estimate of drug-likeness (QED) is 0.724. The second-order valence-corrected chi connectivity index (χ2v) is 6.11. The SMILES string of the molecule is COC(=O)C1(N)CCN(C(=O)OC(C)(C)C)CC1C. The van der Waals surface area contributed by atoms with E-state index in [4.69, 9.17) is 15.2 Å². The van der Waals surface area contributed by atoms with Gasteiger partial charge in [0.25, 0.3) is 0 Å². The summed E-state index contributed by atoms with van der Waals surface area (Å²) in [6, 6.07) is 0. The number of methoxy groups -OCH3 is 1. The van der Waals surface area contributed by atoms with Gasteiger partial charge >= 0.3 is 12.1 Å². The van der Waals surface area contributed by atoms with Crippen molar-refractivity contribution in [2.75, 3.05) is 20.2 Å². The van der Waals surface area contributed by atoms with Crippen molar-refractivity contribution in [3.63, 3.8) is 0 Å². The van der Waals surface area contributed by atoms with Crippen molar-refractivity contribution in [2.24, 2.45) is 11.7 Å². The molecule has 1 heterocycles. The Morgan fingerprint density at radius 1 is 1.37 bits per heavy atom. The number of nitrogens with zero attached hydrogens (tertiary/aromatic N) is 1. The first-order chi connectivity index (χ1) is 8.60. The van der Waals surface area contributed by atoms with Crippen LogP contribution in [0.15, 0.2) is 0 Å². The topological polar surface area (TPSA) is 81.9 Å². The number of ether oxygens (including phenoxy) is 2. The molecular weight excluding hydrogens is 248 g/mol. The van der Waals surface area contributed by atoms with Crippen LogP contribution in [0, 0.1) is 5.92 Å². The van der Waals surface area contributed by atoms with Gasteiger partial charge in [0.05, 0.1) is 7.11 Å². The fraction of sp³-hybridized carbons (Fsp3) is 0.846. The average Bonchev–Trinajstić information content (AvgIpc) is 2.29. The first-order valence-corrected chi connectivity index (χ1v) is 6.45.